The van der Waals surface area contributed by atoms with Crippen LogP contribution in [0.4, 0.5) is 0 Å². The van der Waals surface area contributed by atoms with E-state index in [0.717, 1.165) is 0 Å². The van der Waals surface area contributed by atoms with Crippen LogP contribution in [0.15, 0.2) is 0 Å². The van der Waals surface area contributed by atoms with Crippen LogP contribution in [-0.2, 0) is 176 Å². The number of thiol groups is 3. The van der Waals surface area contributed by atoms with Crippen LogP contribution in [0.2, 0.25) is 0 Å². The lowest BCUT2D eigenvalue weighted by molar-refractivity contribution is -0.295. The van der Waals surface area contributed by atoms with E-state index in [1.54, 1.807) is 0 Å². The van der Waals surface area contributed by atoms with Gasteiger partial charge in [0, 0.05) is 14.2 Å². The molecule has 53 heteroatoms. The van der Waals surface area contributed by atoms with Gasteiger partial charge in [0.15, 0.2) is 24.8 Å². The Morgan fingerprint density at radius 1 is 0.425 bits per heavy atom. The molecule has 0 unspecified atom stereocenters. The van der Waals surface area contributed by atoms with Gasteiger partial charge in [0.1, 0.15) is 61.0 Å². The zero-order valence-corrected chi connectivity index (χ0v) is 43.3. The van der Waals surface area contributed by atoms with Crippen molar-refractivity contribution in [3.8, 4) is 0 Å². The molecule has 0 aliphatic carbocycles. The van der Waals surface area contributed by atoms with Crippen LogP contribution in [0, 0.1) is 0 Å². The summed E-state index contributed by atoms with van der Waals surface area (Å²) in [6.45, 7) is -6.85. The molecule has 0 amide bonds. The Labute approximate surface area is 416 Å². The lowest BCUT2D eigenvalue weighted by Gasteiger charge is -2.43. The average molecular weight is 1290 g/mol. The molecule has 0 aromatic rings. The third-order valence-corrected chi connectivity index (χ3v) is 12.7. The number of hydrogen-bond acceptors (Lipinski definition) is 36. The maximum atomic E-state index is 12.2. The van der Waals surface area contributed by atoms with E-state index in [-0.39, 0.29) is 0 Å². The van der Waals surface area contributed by atoms with Crippen LogP contribution in [0.25, 0.3) is 0 Å². The van der Waals surface area contributed by atoms with Gasteiger partial charge in [0.2, 0.25) is 0 Å². The summed E-state index contributed by atoms with van der Waals surface area (Å²) in [5.74, 6) is 0. The topological polar surface area (TPSA) is 631 Å². The zero-order valence-electron chi connectivity index (χ0n) is 34.9. The molecule has 0 spiro atoms. The maximum absolute atomic E-state index is 12.2. The van der Waals surface area contributed by atoms with Crippen molar-refractivity contribution in [2.75, 3.05) is 40.6 Å². The maximum Gasteiger partial charge on any atom is 0.397 e. The molecule has 0 radical (unpaired) electrons. The molecular weight excluding hydrogens is 1250 g/mol. The molecule has 436 valence electrons. The fraction of sp³-hybridized carbons (Fsp3) is 1.00. The number of methoxy groups -OCH3 is 2. The first-order chi connectivity index (χ1) is 32.9. The van der Waals surface area contributed by atoms with E-state index in [0.29, 0.717) is 14.2 Å². The molecule has 14 atom stereocenters. The predicted octanol–water partition coefficient (Wildman–Crippen LogP) is -9.19. The summed E-state index contributed by atoms with van der Waals surface area (Å²) < 4.78 is 375. The first-order valence-corrected chi connectivity index (χ1v) is 30.3. The molecule has 0 aromatic heterocycles. The van der Waals surface area contributed by atoms with Gasteiger partial charge < -0.3 is 28.4 Å². The van der Waals surface area contributed by atoms with Crippen molar-refractivity contribution >= 4 is 106 Å². The Balaban J connectivity index is 2.82. The van der Waals surface area contributed by atoms with Crippen molar-refractivity contribution in [3.05, 3.63) is 0 Å². The molecular formula is C20H38O43S10. The van der Waals surface area contributed by atoms with Crippen molar-refractivity contribution in [2.24, 2.45) is 0 Å². The molecule has 2 heterocycles. The molecule has 2 rings (SSSR count). The monoisotopic (exact) mass is 1290 g/mol. The largest absolute Gasteiger partial charge is 0.397 e. The zero-order chi connectivity index (χ0) is 56.5. The molecule has 2 aliphatic rings. The Morgan fingerprint density at radius 2 is 0.767 bits per heavy atom. The van der Waals surface area contributed by atoms with Crippen molar-refractivity contribution < 1.29 is 186 Å². The van der Waals surface area contributed by atoms with Crippen molar-refractivity contribution in [1.29, 1.82) is 0 Å². The molecule has 2 saturated heterocycles. The summed E-state index contributed by atoms with van der Waals surface area (Å²) >= 11 is 0. The van der Waals surface area contributed by atoms with E-state index >= 15 is 0 Å². The van der Waals surface area contributed by atoms with E-state index in [4.69, 9.17) is 41.7 Å². The van der Waals surface area contributed by atoms with E-state index in [2.05, 4.69) is 37.6 Å². The Hall–Kier alpha value is -1.42. The summed E-state index contributed by atoms with van der Waals surface area (Å²) in [7, 11) is -52.9. The first-order valence-electron chi connectivity index (χ1n) is 17.5. The third-order valence-electron chi connectivity index (χ3n) is 8.21. The third kappa shape index (κ3) is 25.7. The summed E-state index contributed by atoms with van der Waals surface area (Å²) in [6.07, 6.45) is -38.8. The van der Waals surface area contributed by atoms with Gasteiger partial charge in [-0.25, -0.2) is 54.5 Å². The average Bonchev–Trinajstić information content (AvgIpc) is 3.16. The van der Waals surface area contributed by atoms with Gasteiger partial charge in [-0.1, -0.05) is 0 Å². The summed E-state index contributed by atoms with van der Waals surface area (Å²) in [6, 6.07) is 0. The lowest BCUT2D eigenvalue weighted by atomic mass is 9.99. The minimum absolute atomic E-state index is 0.566. The molecule has 0 saturated carbocycles. The highest BCUT2D eigenvalue weighted by atomic mass is 32.3. The van der Waals surface area contributed by atoms with Crippen LogP contribution in [0.3, 0.4) is 0 Å². The normalized spacial score (nSPS) is 28.0. The quantitative estimate of drug-likeness (QED) is 0.0215. The van der Waals surface area contributed by atoms with Crippen molar-refractivity contribution in [3.63, 3.8) is 0 Å². The van der Waals surface area contributed by atoms with Crippen molar-refractivity contribution in [1.82, 2.24) is 0 Å². The first kappa shape index (κ1) is 67.7. The Morgan fingerprint density at radius 3 is 1.12 bits per heavy atom. The van der Waals surface area contributed by atoms with Crippen molar-refractivity contribution in [2.45, 2.75) is 85.8 Å². The van der Waals surface area contributed by atoms with E-state index in [1.165, 1.54) is 0 Å². The van der Waals surface area contributed by atoms with Crippen LogP contribution in [0.1, 0.15) is 0 Å². The summed E-state index contributed by atoms with van der Waals surface area (Å²) in [4.78, 5) is 0. The molecule has 0 bridgehead atoms. The van der Waals surface area contributed by atoms with Crippen LogP contribution in [-0.4, -0.2) is 243 Å². The van der Waals surface area contributed by atoms with Gasteiger partial charge in [0.05, 0.1) is 26.4 Å². The molecule has 7 N–H and O–H groups in total. The Bertz CT molecular complexity index is 2870. The highest BCUT2D eigenvalue weighted by molar-refractivity contribution is 7.82. The van der Waals surface area contributed by atoms with E-state index in [9.17, 15) is 107 Å². The predicted molar refractivity (Wildman–Crippen MR) is 213 cm³/mol. The highest BCUT2D eigenvalue weighted by Gasteiger charge is 2.56. The second-order valence-electron chi connectivity index (χ2n) is 13.0. The van der Waals surface area contributed by atoms with Crippen LogP contribution >= 0.6 is 0 Å². The van der Waals surface area contributed by atoms with Gasteiger partial charge in [-0.05, 0) is 0 Å². The Kier molecular flexibility index (Phi) is 25.4. The minimum Gasteiger partial charge on any atom is -0.376 e. The molecule has 43 nitrogen and oxygen atoms in total. The summed E-state index contributed by atoms with van der Waals surface area (Å²) in [5.41, 5.74) is 0. The van der Waals surface area contributed by atoms with Gasteiger partial charge in [-0.2, -0.15) is 58.9 Å². The second-order valence-corrected chi connectivity index (χ2v) is 22.4. The fourth-order valence-electron chi connectivity index (χ4n) is 6.04. The number of ether oxygens (including phenoxy) is 6. The van der Waals surface area contributed by atoms with Crippen LogP contribution in [0.5, 0.6) is 0 Å². The van der Waals surface area contributed by atoms with Gasteiger partial charge in [-0.3, -0.25) is 44.4 Å². The van der Waals surface area contributed by atoms with Gasteiger partial charge in [0.25, 0.3) is 33.0 Å². The molecule has 0 aromatic carbocycles. The number of hydrogen-bond donors (Lipinski definition) is 10. The van der Waals surface area contributed by atoms with Gasteiger partial charge >= 0.3 is 72.8 Å². The fourth-order valence-corrected chi connectivity index (χ4v) is 10.4. The smallest absolute Gasteiger partial charge is 0.376 e. The molecule has 2 aliphatic heterocycles. The molecule has 73 heavy (non-hydrogen) atoms. The second kappa shape index (κ2) is 27.4. The van der Waals surface area contributed by atoms with Gasteiger partial charge in [-0.15, -0.1) is 0 Å². The summed E-state index contributed by atoms with van der Waals surface area (Å²) in [5, 5.41) is 0. The number of rotatable bonds is 33. The molecule has 2 fully saturated rings. The van der Waals surface area contributed by atoms with E-state index in [1.807, 2.05) is 0 Å². The standard InChI is InChI=1S/C20H38O43S10/c1-48-11(9(56-64(21)22)3-50-19-17(62-72(42,43)44)15(58-66(25)26)13(57-65(23)24)7(54-19)5-52-67(27,28)29)12(49-2)10(59-69(33,34)35)4-51-20-18(63-73(45,46)47)16(61-71(39,40)41)14(60-70(36,37)38)8(55-20)6-53-68(30,31)32/h7-20,64-66H,3-6H2,1-2H3,(H,27,28,29)(H,30,31,32)(H,33,34,35)(H,36,37,38)(H,39,40,41)(H,42,43,44)(H,45,46,47)/t7-,8-,9-,10-,11-,12-,13-,14-,15+,16+,17-,18-,19-,20-/m1/s1. The highest BCUT2D eigenvalue weighted by Crippen LogP contribution is 2.34. The van der Waals surface area contributed by atoms with Crippen LogP contribution < -0.4 is 0 Å². The SMILES string of the molecule is CO[C@@H]([C@H](OC)[C@@H](CO[C@@H]1O[C@H](COS(=O)(=O)O)[C@@H](OS(=O)(=O)O)[C@H](OS(=O)(=O)O)[C@H]1OS(=O)(=O)O)OS(=O)(=O)O)[C@@H](CO[C@@H]1O[C@H](COS(=O)(=O)O)[C@@H](O[SH](=O)=O)[C@H](O[SH](=O)=O)[C@H]1OS(=O)(=O)O)O[SH](=O)=O. The lowest BCUT2D eigenvalue weighted by Crippen LogP contribution is -2.63. The minimum atomic E-state index is -6.10. The van der Waals surface area contributed by atoms with E-state index < -0.39 is 218 Å².